The number of hydrogen-bond acceptors (Lipinski definition) is 4. The van der Waals surface area contributed by atoms with Crippen LogP contribution in [0.4, 0.5) is 0 Å². The number of aliphatic hydroxyl groups excluding tert-OH is 1. The van der Waals surface area contributed by atoms with E-state index in [0.717, 1.165) is 24.4 Å². The van der Waals surface area contributed by atoms with Crippen LogP contribution in [0.5, 0.6) is 5.75 Å². The molecular formula is C17H29NO3. The van der Waals surface area contributed by atoms with Crippen molar-refractivity contribution < 1.29 is 14.6 Å². The van der Waals surface area contributed by atoms with Gasteiger partial charge >= 0.3 is 0 Å². The van der Waals surface area contributed by atoms with Crippen LogP contribution >= 0.6 is 0 Å². The van der Waals surface area contributed by atoms with Crippen LogP contribution in [0.2, 0.25) is 0 Å². The van der Waals surface area contributed by atoms with Gasteiger partial charge in [-0.05, 0) is 33.0 Å². The summed E-state index contributed by atoms with van der Waals surface area (Å²) in [6.07, 6.45) is -0.615. The van der Waals surface area contributed by atoms with Crippen LogP contribution in [0.15, 0.2) is 24.3 Å². The van der Waals surface area contributed by atoms with E-state index in [0.29, 0.717) is 13.2 Å². The van der Waals surface area contributed by atoms with Gasteiger partial charge in [0.15, 0.2) is 0 Å². The van der Waals surface area contributed by atoms with E-state index in [9.17, 15) is 5.11 Å². The Morgan fingerprint density at radius 2 is 1.76 bits per heavy atom. The van der Waals surface area contributed by atoms with Crippen LogP contribution < -0.4 is 4.74 Å². The zero-order chi connectivity index (χ0) is 15.9. The van der Waals surface area contributed by atoms with Gasteiger partial charge < -0.3 is 14.6 Å². The molecule has 0 radical (unpaired) electrons. The SMILES string of the molecule is CCN(CC)C(C)(C)C(O)c1ccccc1OCCOC. The maximum absolute atomic E-state index is 10.9. The van der Waals surface area contributed by atoms with Gasteiger partial charge in [-0.1, -0.05) is 32.0 Å². The summed E-state index contributed by atoms with van der Waals surface area (Å²) in [4.78, 5) is 2.25. The minimum absolute atomic E-state index is 0.357. The number of methoxy groups -OCH3 is 1. The van der Waals surface area contributed by atoms with E-state index < -0.39 is 6.10 Å². The first-order valence-corrected chi connectivity index (χ1v) is 7.62. The van der Waals surface area contributed by atoms with Gasteiger partial charge in [-0.25, -0.2) is 0 Å². The Kier molecular flexibility index (Phi) is 7.15. The third kappa shape index (κ3) is 4.43. The van der Waals surface area contributed by atoms with Crippen molar-refractivity contribution in [2.45, 2.75) is 39.3 Å². The van der Waals surface area contributed by atoms with Crippen molar-refractivity contribution in [3.05, 3.63) is 29.8 Å². The first-order valence-electron chi connectivity index (χ1n) is 7.62. The second kappa shape index (κ2) is 8.37. The Balaban J connectivity index is 2.97. The molecule has 1 aromatic rings. The van der Waals surface area contributed by atoms with E-state index in [2.05, 4.69) is 32.6 Å². The Labute approximate surface area is 128 Å². The first-order chi connectivity index (χ1) is 9.98. The molecule has 0 aromatic heterocycles. The van der Waals surface area contributed by atoms with Crippen molar-refractivity contribution in [1.29, 1.82) is 0 Å². The Morgan fingerprint density at radius 1 is 1.14 bits per heavy atom. The molecule has 0 fully saturated rings. The Hall–Kier alpha value is -1.10. The lowest BCUT2D eigenvalue weighted by Crippen LogP contribution is -2.48. The van der Waals surface area contributed by atoms with E-state index >= 15 is 0 Å². The van der Waals surface area contributed by atoms with E-state index in [1.165, 1.54) is 0 Å². The lowest BCUT2D eigenvalue weighted by molar-refractivity contribution is -0.00794. The third-order valence-electron chi connectivity index (χ3n) is 4.01. The Morgan fingerprint density at radius 3 is 2.33 bits per heavy atom. The van der Waals surface area contributed by atoms with Crippen molar-refractivity contribution in [2.24, 2.45) is 0 Å². The van der Waals surface area contributed by atoms with Gasteiger partial charge in [0.1, 0.15) is 18.5 Å². The molecule has 1 aromatic carbocycles. The molecule has 120 valence electrons. The van der Waals surface area contributed by atoms with Crippen LogP contribution in [0.3, 0.4) is 0 Å². The maximum atomic E-state index is 10.9. The minimum Gasteiger partial charge on any atom is -0.491 e. The zero-order valence-corrected chi connectivity index (χ0v) is 13.9. The predicted octanol–water partition coefficient (Wildman–Crippen LogP) is 2.87. The number of nitrogens with zero attached hydrogens (tertiary/aromatic N) is 1. The standard InChI is InChI=1S/C17H29NO3/c1-6-18(7-2)17(3,4)16(19)14-10-8-9-11-15(14)21-13-12-20-5/h8-11,16,19H,6-7,12-13H2,1-5H3. The van der Waals surface area contributed by atoms with Crippen molar-refractivity contribution >= 4 is 0 Å². The van der Waals surface area contributed by atoms with Gasteiger partial charge in [0, 0.05) is 18.2 Å². The van der Waals surface area contributed by atoms with E-state index in [1.807, 2.05) is 24.3 Å². The van der Waals surface area contributed by atoms with Crippen LogP contribution in [-0.4, -0.2) is 49.0 Å². The lowest BCUT2D eigenvalue weighted by Gasteiger charge is -2.41. The average molecular weight is 295 g/mol. The van der Waals surface area contributed by atoms with Crippen LogP contribution in [0, 0.1) is 0 Å². The molecule has 0 spiro atoms. The van der Waals surface area contributed by atoms with E-state index in [4.69, 9.17) is 9.47 Å². The molecule has 1 N–H and O–H groups in total. The van der Waals surface area contributed by atoms with Gasteiger partial charge in [-0.3, -0.25) is 4.90 Å². The van der Waals surface area contributed by atoms with Gasteiger partial charge in [0.2, 0.25) is 0 Å². The highest BCUT2D eigenvalue weighted by Crippen LogP contribution is 2.35. The molecule has 1 atom stereocenters. The fourth-order valence-electron chi connectivity index (χ4n) is 2.66. The second-order valence-electron chi connectivity index (χ2n) is 5.61. The van der Waals surface area contributed by atoms with Crippen molar-refractivity contribution in [3.8, 4) is 5.75 Å². The number of ether oxygens (including phenoxy) is 2. The summed E-state index contributed by atoms with van der Waals surface area (Å²) >= 11 is 0. The number of para-hydroxylation sites is 1. The lowest BCUT2D eigenvalue weighted by atomic mass is 9.89. The highest BCUT2D eigenvalue weighted by molar-refractivity contribution is 5.36. The zero-order valence-electron chi connectivity index (χ0n) is 13.9. The number of benzene rings is 1. The summed E-state index contributed by atoms with van der Waals surface area (Å²) in [5.41, 5.74) is 0.468. The quantitative estimate of drug-likeness (QED) is 0.711. The number of rotatable bonds is 9. The second-order valence-corrected chi connectivity index (χ2v) is 5.61. The van der Waals surface area contributed by atoms with Gasteiger partial charge in [0.25, 0.3) is 0 Å². The van der Waals surface area contributed by atoms with Crippen LogP contribution in [-0.2, 0) is 4.74 Å². The Bertz CT molecular complexity index is 416. The summed E-state index contributed by atoms with van der Waals surface area (Å²) in [6.45, 7) is 11.2. The normalized spacial score (nSPS) is 13.5. The molecule has 4 heteroatoms. The summed E-state index contributed by atoms with van der Waals surface area (Å²) < 4.78 is 10.7. The maximum Gasteiger partial charge on any atom is 0.125 e. The molecule has 1 rings (SSSR count). The smallest absolute Gasteiger partial charge is 0.125 e. The molecule has 1 unspecified atom stereocenters. The molecule has 0 aliphatic heterocycles. The summed E-state index contributed by atoms with van der Waals surface area (Å²) in [7, 11) is 1.65. The number of hydrogen-bond donors (Lipinski definition) is 1. The molecule has 0 heterocycles. The summed E-state index contributed by atoms with van der Waals surface area (Å²) in [6, 6.07) is 7.67. The van der Waals surface area contributed by atoms with Gasteiger partial charge in [-0.15, -0.1) is 0 Å². The summed E-state index contributed by atoms with van der Waals surface area (Å²) in [5.74, 6) is 0.724. The van der Waals surface area contributed by atoms with E-state index in [-0.39, 0.29) is 5.54 Å². The molecule has 0 saturated heterocycles. The highest BCUT2D eigenvalue weighted by Gasteiger charge is 2.35. The largest absolute Gasteiger partial charge is 0.491 e. The molecule has 4 nitrogen and oxygen atoms in total. The summed E-state index contributed by atoms with van der Waals surface area (Å²) in [5, 5.41) is 10.9. The topological polar surface area (TPSA) is 41.9 Å². The molecule has 0 saturated carbocycles. The average Bonchev–Trinajstić information content (AvgIpc) is 2.48. The first kappa shape index (κ1) is 18.0. The fourth-order valence-corrected chi connectivity index (χ4v) is 2.66. The molecule has 0 aliphatic carbocycles. The fraction of sp³-hybridized carbons (Fsp3) is 0.647. The molecule has 0 amide bonds. The van der Waals surface area contributed by atoms with Gasteiger partial charge in [-0.2, -0.15) is 0 Å². The van der Waals surface area contributed by atoms with E-state index in [1.54, 1.807) is 7.11 Å². The monoisotopic (exact) mass is 295 g/mol. The number of aliphatic hydroxyl groups is 1. The predicted molar refractivity (Wildman–Crippen MR) is 85.8 cm³/mol. The van der Waals surface area contributed by atoms with Crippen LogP contribution in [0.25, 0.3) is 0 Å². The molecule has 21 heavy (non-hydrogen) atoms. The van der Waals surface area contributed by atoms with Crippen molar-refractivity contribution in [1.82, 2.24) is 4.90 Å². The number of likely N-dealkylation sites (N-methyl/N-ethyl adjacent to an activating group) is 1. The van der Waals surface area contributed by atoms with Gasteiger partial charge in [0.05, 0.1) is 6.61 Å². The molecule has 0 bridgehead atoms. The van der Waals surface area contributed by atoms with Crippen molar-refractivity contribution in [3.63, 3.8) is 0 Å². The highest BCUT2D eigenvalue weighted by atomic mass is 16.5. The van der Waals surface area contributed by atoms with Crippen molar-refractivity contribution in [2.75, 3.05) is 33.4 Å². The van der Waals surface area contributed by atoms with Crippen LogP contribution in [0.1, 0.15) is 39.4 Å². The molecule has 0 aliphatic rings. The molecular weight excluding hydrogens is 266 g/mol. The minimum atomic E-state index is -0.615. The third-order valence-corrected chi connectivity index (χ3v) is 4.01.